The van der Waals surface area contributed by atoms with Gasteiger partial charge in [0.2, 0.25) is 5.91 Å². The maximum atomic E-state index is 13.1. The average Bonchev–Trinajstić information content (AvgIpc) is 3.23. The molecule has 182 valence electrons. The highest BCUT2D eigenvalue weighted by Gasteiger charge is 2.30. The number of halogens is 3. The summed E-state index contributed by atoms with van der Waals surface area (Å²) in [5, 5.41) is 6.99. The van der Waals surface area contributed by atoms with Gasteiger partial charge in [-0.05, 0) is 60.8 Å². The van der Waals surface area contributed by atoms with E-state index in [-0.39, 0.29) is 11.8 Å². The topological polar surface area (TPSA) is 54.0 Å². The van der Waals surface area contributed by atoms with E-state index >= 15 is 0 Å². The molecule has 0 saturated heterocycles. The van der Waals surface area contributed by atoms with Gasteiger partial charge in [-0.2, -0.15) is 13.2 Å². The second-order valence-electron chi connectivity index (χ2n) is 8.33. The number of benzene rings is 3. The second-order valence-corrected chi connectivity index (χ2v) is 9.57. The van der Waals surface area contributed by atoms with Crippen LogP contribution in [0.2, 0.25) is 0 Å². The van der Waals surface area contributed by atoms with Crippen molar-refractivity contribution in [3.63, 3.8) is 0 Å². The van der Waals surface area contributed by atoms with Crippen molar-refractivity contribution >= 4 is 27.5 Å². The Labute approximate surface area is 206 Å². The third kappa shape index (κ3) is 5.89. The van der Waals surface area contributed by atoms with E-state index in [1.165, 1.54) is 0 Å². The van der Waals surface area contributed by atoms with E-state index in [1.807, 2.05) is 49.4 Å². The first kappa shape index (κ1) is 24.9. The first-order valence-electron chi connectivity index (χ1n) is 11.3. The summed E-state index contributed by atoms with van der Waals surface area (Å²) in [6.45, 7) is 2.43. The first-order valence-corrected chi connectivity index (χ1v) is 12.1. The molecule has 4 aromatic rings. The molecule has 0 spiro atoms. The molecule has 0 fully saturated rings. The van der Waals surface area contributed by atoms with Gasteiger partial charge in [0.1, 0.15) is 6.04 Å². The summed E-state index contributed by atoms with van der Waals surface area (Å²) in [6.07, 6.45) is -3.79. The number of carbonyl (C=O) groups is 1. The largest absolute Gasteiger partial charge is 0.416 e. The van der Waals surface area contributed by atoms with Gasteiger partial charge in [-0.15, -0.1) is 11.3 Å². The van der Waals surface area contributed by atoms with Crippen LogP contribution in [0.15, 0.2) is 72.8 Å². The standard InChI is InChI=1S/C27H26F3N3OS/c1-17-33-23-13-10-20(16-24(23)35-17)22(18-8-11-21(12-9-18)27(28,29)30)14-15-32-25(26(34)31-2)19-6-4-3-5-7-19/h3-13,16,22,25,32H,14-15H2,1-2H3,(H,31,34)/t22-,25-/m1/s1. The van der Waals surface area contributed by atoms with E-state index in [9.17, 15) is 18.0 Å². The molecule has 0 aliphatic rings. The second kappa shape index (κ2) is 10.6. The minimum atomic E-state index is -4.38. The van der Waals surface area contributed by atoms with Crippen LogP contribution in [0.1, 0.15) is 45.6 Å². The fourth-order valence-corrected chi connectivity index (χ4v) is 5.10. The predicted molar refractivity (Wildman–Crippen MR) is 134 cm³/mol. The Kier molecular flexibility index (Phi) is 7.52. The summed E-state index contributed by atoms with van der Waals surface area (Å²) < 4.78 is 40.4. The molecule has 35 heavy (non-hydrogen) atoms. The monoisotopic (exact) mass is 497 g/mol. The van der Waals surface area contributed by atoms with Crippen molar-refractivity contribution in [1.82, 2.24) is 15.6 Å². The molecule has 4 rings (SSSR count). The molecule has 2 atom stereocenters. The van der Waals surface area contributed by atoms with Gasteiger partial charge in [-0.3, -0.25) is 4.79 Å². The van der Waals surface area contributed by atoms with Crippen LogP contribution < -0.4 is 10.6 Å². The molecule has 1 aromatic heterocycles. The van der Waals surface area contributed by atoms with Gasteiger partial charge in [0.15, 0.2) is 0 Å². The van der Waals surface area contributed by atoms with Crippen LogP contribution >= 0.6 is 11.3 Å². The zero-order valence-corrected chi connectivity index (χ0v) is 20.2. The van der Waals surface area contributed by atoms with Gasteiger partial charge in [0.25, 0.3) is 0 Å². The molecule has 2 N–H and O–H groups in total. The summed E-state index contributed by atoms with van der Waals surface area (Å²) >= 11 is 1.59. The van der Waals surface area contributed by atoms with Crippen LogP contribution in [0.4, 0.5) is 13.2 Å². The molecule has 1 amide bonds. The van der Waals surface area contributed by atoms with E-state index in [1.54, 1.807) is 30.5 Å². The van der Waals surface area contributed by atoms with Crippen LogP contribution in [0.3, 0.4) is 0 Å². The van der Waals surface area contributed by atoms with Gasteiger partial charge in [0, 0.05) is 13.0 Å². The van der Waals surface area contributed by atoms with Gasteiger partial charge in [-0.25, -0.2) is 4.98 Å². The summed E-state index contributed by atoms with van der Waals surface area (Å²) in [4.78, 5) is 17.0. The van der Waals surface area contributed by atoms with Crippen LogP contribution in [0.5, 0.6) is 0 Å². The number of thiazole rings is 1. The molecule has 1 heterocycles. The minimum absolute atomic E-state index is 0.149. The van der Waals surface area contributed by atoms with E-state index < -0.39 is 17.8 Å². The fraction of sp³-hybridized carbons (Fsp3) is 0.259. The number of hydrogen-bond acceptors (Lipinski definition) is 4. The SMILES string of the molecule is CNC(=O)[C@H](NCC[C@H](c1ccc(C(F)(F)F)cc1)c1ccc2nc(C)sc2c1)c1ccccc1. The molecular formula is C27H26F3N3OS. The Morgan fingerprint density at radius 1 is 0.971 bits per heavy atom. The lowest BCUT2D eigenvalue weighted by Gasteiger charge is -2.22. The molecule has 0 unspecified atom stereocenters. The van der Waals surface area contributed by atoms with E-state index in [4.69, 9.17) is 0 Å². The van der Waals surface area contributed by atoms with Crippen LogP contribution in [-0.2, 0) is 11.0 Å². The van der Waals surface area contributed by atoms with Gasteiger partial charge >= 0.3 is 6.18 Å². The Bertz CT molecular complexity index is 1290. The smallest absolute Gasteiger partial charge is 0.358 e. The normalized spacial score (nSPS) is 13.5. The van der Waals surface area contributed by atoms with Crippen molar-refractivity contribution < 1.29 is 18.0 Å². The molecular weight excluding hydrogens is 471 g/mol. The minimum Gasteiger partial charge on any atom is -0.358 e. The van der Waals surface area contributed by atoms with Gasteiger partial charge in [-0.1, -0.05) is 48.5 Å². The number of hydrogen-bond donors (Lipinski definition) is 2. The highest BCUT2D eigenvalue weighted by atomic mass is 32.1. The van der Waals surface area contributed by atoms with Crippen LogP contribution in [0.25, 0.3) is 10.2 Å². The molecule has 0 radical (unpaired) electrons. The molecule has 0 aliphatic heterocycles. The van der Waals surface area contributed by atoms with Crippen LogP contribution in [0, 0.1) is 6.92 Å². The maximum Gasteiger partial charge on any atom is 0.416 e. The number of amides is 1. The lowest BCUT2D eigenvalue weighted by molar-refractivity contribution is -0.137. The van der Waals surface area contributed by atoms with Gasteiger partial charge in [0.05, 0.1) is 20.8 Å². The Balaban J connectivity index is 1.61. The number of nitrogens with zero attached hydrogens (tertiary/aromatic N) is 1. The summed E-state index contributed by atoms with van der Waals surface area (Å²) in [5.41, 5.74) is 2.87. The van der Waals surface area contributed by atoms with E-state index in [0.29, 0.717) is 13.0 Å². The molecule has 0 bridgehead atoms. The third-order valence-electron chi connectivity index (χ3n) is 5.99. The number of carbonyl (C=O) groups excluding carboxylic acids is 1. The summed E-state index contributed by atoms with van der Waals surface area (Å²) in [7, 11) is 1.59. The van der Waals surface area contributed by atoms with E-state index in [2.05, 4.69) is 21.7 Å². The Morgan fingerprint density at radius 3 is 2.31 bits per heavy atom. The van der Waals surface area contributed by atoms with Crippen molar-refractivity contribution in [1.29, 1.82) is 0 Å². The first-order chi connectivity index (χ1) is 16.8. The Morgan fingerprint density at radius 2 is 1.66 bits per heavy atom. The quantitative estimate of drug-likeness (QED) is 0.304. The van der Waals surface area contributed by atoms with Crippen molar-refractivity contribution in [2.24, 2.45) is 0 Å². The third-order valence-corrected chi connectivity index (χ3v) is 6.92. The Hall–Kier alpha value is -3.23. The number of aromatic nitrogens is 1. The number of nitrogens with one attached hydrogen (secondary N) is 2. The van der Waals surface area contributed by atoms with E-state index in [0.717, 1.165) is 44.0 Å². The van der Waals surface area contributed by atoms with Crippen molar-refractivity contribution in [2.75, 3.05) is 13.6 Å². The van der Waals surface area contributed by atoms with Crippen LogP contribution in [-0.4, -0.2) is 24.5 Å². The van der Waals surface area contributed by atoms with Crippen molar-refractivity contribution in [3.8, 4) is 0 Å². The highest BCUT2D eigenvalue weighted by Crippen LogP contribution is 2.35. The molecule has 3 aromatic carbocycles. The molecule has 4 nitrogen and oxygen atoms in total. The number of aryl methyl sites for hydroxylation is 1. The maximum absolute atomic E-state index is 13.1. The van der Waals surface area contributed by atoms with Gasteiger partial charge < -0.3 is 10.6 Å². The lowest BCUT2D eigenvalue weighted by Crippen LogP contribution is -2.36. The lowest BCUT2D eigenvalue weighted by atomic mass is 9.87. The molecule has 0 aliphatic carbocycles. The zero-order chi connectivity index (χ0) is 25.0. The number of alkyl halides is 3. The summed E-state index contributed by atoms with van der Waals surface area (Å²) in [6, 6.07) is 20.2. The molecule has 0 saturated carbocycles. The van der Waals surface area contributed by atoms with Crippen molar-refractivity contribution in [2.45, 2.75) is 31.5 Å². The zero-order valence-electron chi connectivity index (χ0n) is 19.4. The number of likely N-dealkylation sites (N-methyl/N-ethyl adjacent to an activating group) is 1. The predicted octanol–water partition coefficient (Wildman–Crippen LogP) is 6.22. The number of fused-ring (bicyclic) bond motifs is 1. The molecule has 8 heteroatoms. The van der Waals surface area contributed by atoms with Crippen molar-refractivity contribution in [3.05, 3.63) is 100 Å². The fourth-order valence-electron chi connectivity index (χ4n) is 4.23. The number of rotatable bonds is 8. The highest BCUT2D eigenvalue weighted by molar-refractivity contribution is 7.18. The average molecular weight is 498 g/mol. The summed E-state index contributed by atoms with van der Waals surface area (Å²) in [5.74, 6) is -0.304.